The SMILES string of the molecule is COc1ccc(COC(=O)C2=C(/C=C/CCl)CS[C@H]3[C@H](NC(=O)/C(=N\OCF)c4csc(NC(=O)OC(C)(C)C)n4)C(=O)N23)cc1. The van der Waals surface area contributed by atoms with Crippen molar-refractivity contribution < 1.29 is 42.6 Å². The molecule has 0 spiro atoms. The zero-order valence-electron chi connectivity index (χ0n) is 25.2. The van der Waals surface area contributed by atoms with Gasteiger partial charge in [0.2, 0.25) is 0 Å². The van der Waals surface area contributed by atoms with E-state index in [0.717, 1.165) is 11.3 Å². The third-order valence-electron chi connectivity index (χ3n) is 6.19. The van der Waals surface area contributed by atoms with Crippen LogP contribution >= 0.6 is 34.7 Å². The molecular weight excluding hydrogens is 665 g/mol. The highest BCUT2D eigenvalue weighted by Gasteiger charge is 2.54. The van der Waals surface area contributed by atoms with Crippen LogP contribution in [0.2, 0.25) is 0 Å². The van der Waals surface area contributed by atoms with E-state index in [1.165, 1.54) is 22.0 Å². The lowest BCUT2D eigenvalue weighted by Crippen LogP contribution is -2.71. The second-order valence-electron chi connectivity index (χ2n) is 10.6. The first-order valence-corrected chi connectivity index (χ1v) is 16.1. The number of hydrogen-bond acceptors (Lipinski definition) is 12. The van der Waals surface area contributed by atoms with E-state index in [2.05, 4.69) is 25.6 Å². The molecule has 17 heteroatoms. The number of benzene rings is 1. The summed E-state index contributed by atoms with van der Waals surface area (Å²) in [5.41, 5.74) is 0.0575. The summed E-state index contributed by atoms with van der Waals surface area (Å²) in [7, 11) is 1.54. The van der Waals surface area contributed by atoms with Crippen molar-refractivity contribution in [2.75, 3.05) is 30.9 Å². The number of β-lactam (4-membered cyclic amide) rings is 1. The number of thioether (sulfide) groups is 1. The Morgan fingerprint density at radius 3 is 2.63 bits per heavy atom. The standard InChI is InChI=1S/C29H31ClFN5O8S2/c1-29(2,3)44-28(40)34-27-32-19(14-46-27)20(35-43-15-31)23(37)33-21-24(38)36-22(17(6-5-11-30)13-45-25(21)36)26(39)42-12-16-7-9-18(41-4)10-8-16/h5-10,14,21,25H,11-13,15H2,1-4H3,(H,33,37)(H,32,34,40)/b6-5+,35-20-/t21-,25+/m1/s1. The molecule has 246 valence electrons. The number of fused-ring (bicyclic) bond motifs is 1. The Balaban J connectivity index is 1.48. The van der Waals surface area contributed by atoms with E-state index in [4.69, 9.17) is 25.8 Å². The number of rotatable bonds is 12. The van der Waals surface area contributed by atoms with Gasteiger partial charge in [-0.25, -0.2) is 19.0 Å². The van der Waals surface area contributed by atoms with Crippen molar-refractivity contribution in [1.82, 2.24) is 15.2 Å². The van der Waals surface area contributed by atoms with E-state index >= 15 is 0 Å². The minimum absolute atomic E-state index is 0.0427. The number of carbonyl (C=O) groups is 4. The summed E-state index contributed by atoms with van der Waals surface area (Å²) in [5.74, 6) is -1.03. The number of anilines is 1. The summed E-state index contributed by atoms with van der Waals surface area (Å²) in [6.45, 7) is 3.70. The lowest BCUT2D eigenvalue weighted by Gasteiger charge is -2.49. The van der Waals surface area contributed by atoms with Gasteiger partial charge in [0.1, 0.15) is 40.8 Å². The van der Waals surface area contributed by atoms with Crippen LogP contribution in [0.1, 0.15) is 32.0 Å². The maximum Gasteiger partial charge on any atom is 0.413 e. The number of thiazole rings is 1. The van der Waals surface area contributed by atoms with E-state index in [0.29, 0.717) is 22.6 Å². The highest BCUT2D eigenvalue weighted by atomic mass is 35.5. The van der Waals surface area contributed by atoms with Gasteiger partial charge in [-0.2, -0.15) is 0 Å². The number of halogens is 2. The number of esters is 1. The van der Waals surface area contributed by atoms with Gasteiger partial charge >= 0.3 is 12.1 Å². The predicted octanol–water partition coefficient (Wildman–Crippen LogP) is 4.34. The van der Waals surface area contributed by atoms with Gasteiger partial charge in [0.15, 0.2) is 10.8 Å². The second kappa shape index (κ2) is 15.4. The number of hydrogen-bond donors (Lipinski definition) is 2. The first-order chi connectivity index (χ1) is 21.9. The molecule has 13 nitrogen and oxygen atoms in total. The summed E-state index contributed by atoms with van der Waals surface area (Å²) in [6, 6.07) is 5.90. The van der Waals surface area contributed by atoms with Gasteiger partial charge < -0.3 is 24.4 Å². The van der Waals surface area contributed by atoms with Crippen LogP contribution in [-0.4, -0.2) is 82.1 Å². The molecule has 2 aliphatic rings. The molecule has 0 bridgehead atoms. The summed E-state index contributed by atoms with van der Waals surface area (Å²) >= 11 is 8.10. The molecule has 0 aliphatic carbocycles. The van der Waals surface area contributed by atoms with Crippen LogP contribution < -0.4 is 15.4 Å². The lowest BCUT2D eigenvalue weighted by molar-refractivity contribution is -0.153. The molecule has 2 aromatic rings. The topological polar surface area (TPSA) is 158 Å². The van der Waals surface area contributed by atoms with Crippen molar-refractivity contribution in [3.63, 3.8) is 0 Å². The smallest absolute Gasteiger partial charge is 0.413 e. The quantitative estimate of drug-likeness (QED) is 0.108. The highest BCUT2D eigenvalue weighted by Crippen LogP contribution is 2.41. The fourth-order valence-electron chi connectivity index (χ4n) is 4.22. The Labute approximate surface area is 277 Å². The third kappa shape index (κ3) is 8.55. The zero-order chi connectivity index (χ0) is 33.4. The van der Waals surface area contributed by atoms with Crippen LogP contribution in [0.5, 0.6) is 5.75 Å². The molecule has 1 aromatic heterocycles. The molecule has 1 saturated heterocycles. The van der Waals surface area contributed by atoms with Crippen LogP contribution in [0.25, 0.3) is 0 Å². The molecule has 0 unspecified atom stereocenters. The predicted molar refractivity (Wildman–Crippen MR) is 170 cm³/mol. The van der Waals surface area contributed by atoms with Crippen LogP contribution in [0.3, 0.4) is 0 Å². The van der Waals surface area contributed by atoms with Crippen LogP contribution in [0, 0.1) is 0 Å². The Kier molecular flexibility index (Phi) is 11.6. The van der Waals surface area contributed by atoms with E-state index in [9.17, 15) is 23.6 Å². The van der Waals surface area contributed by atoms with Gasteiger partial charge in [0, 0.05) is 17.0 Å². The molecule has 2 aliphatic heterocycles. The van der Waals surface area contributed by atoms with Crippen molar-refractivity contribution in [1.29, 1.82) is 0 Å². The Morgan fingerprint density at radius 2 is 1.98 bits per heavy atom. The zero-order valence-corrected chi connectivity index (χ0v) is 27.6. The number of alkyl halides is 2. The molecule has 4 rings (SSSR count). The Hall–Kier alpha value is -4.15. The molecule has 2 N–H and O–H groups in total. The molecule has 0 radical (unpaired) electrons. The van der Waals surface area contributed by atoms with Gasteiger partial charge in [-0.1, -0.05) is 29.4 Å². The van der Waals surface area contributed by atoms with E-state index in [1.54, 1.807) is 64.3 Å². The van der Waals surface area contributed by atoms with E-state index in [1.807, 2.05) is 0 Å². The number of nitrogens with one attached hydrogen (secondary N) is 2. The maximum absolute atomic E-state index is 13.4. The number of oxime groups is 1. The molecule has 46 heavy (non-hydrogen) atoms. The largest absolute Gasteiger partial charge is 0.497 e. The van der Waals surface area contributed by atoms with Crippen LogP contribution in [0.4, 0.5) is 14.3 Å². The molecule has 3 amide bonds. The Bertz CT molecular complexity index is 1560. The van der Waals surface area contributed by atoms with Crippen molar-refractivity contribution in [2.45, 2.75) is 44.4 Å². The fraction of sp³-hybridized carbons (Fsp3) is 0.379. The lowest BCUT2D eigenvalue weighted by atomic mass is 10.0. The van der Waals surface area contributed by atoms with E-state index < -0.39 is 53.5 Å². The monoisotopic (exact) mass is 695 g/mol. The summed E-state index contributed by atoms with van der Waals surface area (Å²) in [5, 5.41) is 9.40. The fourth-order valence-corrected chi connectivity index (χ4v) is 6.31. The van der Waals surface area contributed by atoms with Crippen LogP contribution in [-0.2, 0) is 35.3 Å². The second-order valence-corrected chi connectivity index (χ2v) is 12.8. The number of aromatic nitrogens is 1. The first kappa shape index (κ1) is 34.7. The highest BCUT2D eigenvalue weighted by molar-refractivity contribution is 8.00. The molecular formula is C29H31ClFN5O8S2. The van der Waals surface area contributed by atoms with E-state index in [-0.39, 0.29) is 29.0 Å². The van der Waals surface area contributed by atoms with Gasteiger partial charge in [0.25, 0.3) is 18.7 Å². The van der Waals surface area contributed by atoms with Crippen molar-refractivity contribution in [3.8, 4) is 5.75 Å². The molecule has 0 saturated carbocycles. The number of ether oxygens (including phenoxy) is 3. The number of allylic oxidation sites excluding steroid dienone is 2. The van der Waals surface area contributed by atoms with Gasteiger partial charge in [-0.15, -0.1) is 34.7 Å². The summed E-state index contributed by atoms with van der Waals surface area (Å²) in [6.07, 6.45) is 2.53. The minimum atomic E-state index is -1.33. The van der Waals surface area contributed by atoms with Gasteiger partial charge in [-0.05, 0) is 44.0 Å². The number of nitrogens with zero attached hydrogens (tertiary/aromatic N) is 3. The summed E-state index contributed by atoms with van der Waals surface area (Å²) < 4.78 is 28.8. The van der Waals surface area contributed by atoms with Gasteiger partial charge in [0.05, 0.1) is 7.11 Å². The normalized spacial score (nSPS) is 18.1. The average molecular weight is 696 g/mol. The van der Waals surface area contributed by atoms with Crippen molar-refractivity contribution in [3.05, 3.63) is 64.3 Å². The van der Waals surface area contributed by atoms with Crippen molar-refractivity contribution in [2.24, 2.45) is 5.16 Å². The maximum atomic E-state index is 13.4. The number of methoxy groups -OCH3 is 1. The molecule has 2 atom stereocenters. The van der Waals surface area contributed by atoms with Crippen molar-refractivity contribution >= 4 is 69.4 Å². The Morgan fingerprint density at radius 1 is 1.24 bits per heavy atom. The molecule has 1 aromatic carbocycles. The molecule has 1 fully saturated rings. The summed E-state index contributed by atoms with van der Waals surface area (Å²) in [4.78, 5) is 62.1. The first-order valence-electron chi connectivity index (χ1n) is 13.7. The average Bonchev–Trinajstić information content (AvgIpc) is 3.47. The number of amides is 3. The number of carbonyl (C=O) groups excluding carboxylic acids is 4. The van der Waals surface area contributed by atoms with Gasteiger partial charge in [-0.3, -0.25) is 19.8 Å². The van der Waals surface area contributed by atoms with Crippen LogP contribution in [0.15, 0.2) is 58.2 Å². The minimum Gasteiger partial charge on any atom is -0.497 e. The molecule has 3 heterocycles. The third-order valence-corrected chi connectivity index (χ3v) is 8.43.